The second-order valence-corrected chi connectivity index (χ2v) is 3.46. The van der Waals surface area contributed by atoms with Gasteiger partial charge < -0.3 is 11.5 Å². The molecule has 5 nitrogen and oxygen atoms in total. The third kappa shape index (κ3) is 2.03. The molecule has 0 aliphatic carbocycles. The van der Waals surface area contributed by atoms with Crippen molar-refractivity contribution in [3.63, 3.8) is 0 Å². The van der Waals surface area contributed by atoms with E-state index in [0.717, 1.165) is 5.56 Å². The van der Waals surface area contributed by atoms with Crippen LogP contribution in [0, 0.1) is 0 Å². The van der Waals surface area contributed by atoms with Crippen molar-refractivity contribution in [1.82, 2.24) is 9.78 Å². The lowest BCUT2D eigenvalue weighted by atomic mass is 10.2. The number of benzene rings is 1. The van der Waals surface area contributed by atoms with E-state index in [0.29, 0.717) is 12.4 Å². The largest absolute Gasteiger partial charge is 0.384 e. The Labute approximate surface area is 92.7 Å². The number of nitrogen functional groups attached to an aromatic ring is 1. The fourth-order valence-electron chi connectivity index (χ4n) is 1.43. The molecule has 5 heteroatoms. The van der Waals surface area contributed by atoms with E-state index in [1.165, 1.54) is 6.07 Å². The third-order valence-corrected chi connectivity index (χ3v) is 2.24. The third-order valence-electron chi connectivity index (χ3n) is 2.24. The van der Waals surface area contributed by atoms with Crippen LogP contribution in [0.3, 0.4) is 0 Å². The SMILES string of the molecule is NC(=O)c1cc(N)n(Cc2ccccc2)n1. The van der Waals surface area contributed by atoms with Gasteiger partial charge in [0.25, 0.3) is 5.91 Å². The number of nitrogens with two attached hydrogens (primary N) is 2. The Morgan fingerprint density at radius 2 is 2.00 bits per heavy atom. The summed E-state index contributed by atoms with van der Waals surface area (Å²) in [4.78, 5) is 10.9. The van der Waals surface area contributed by atoms with E-state index in [4.69, 9.17) is 11.5 Å². The van der Waals surface area contributed by atoms with Crippen LogP contribution in [-0.4, -0.2) is 15.7 Å². The van der Waals surface area contributed by atoms with Crippen LogP contribution in [0.25, 0.3) is 0 Å². The van der Waals surface area contributed by atoms with Crippen LogP contribution in [0.5, 0.6) is 0 Å². The van der Waals surface area contributed by atoms with E-state index in [1.54, 1.807) is 4.68 Å². The Balaban J connectivity index is 2.25. The maximum Gasteiger partial charge on any atom is 0.269 e. The van der Waals surface area contributed by atoms with Crippen molar-refractivity contribution in [2.75, 3.05) is 5.73 Å². The molecule has 0 bridgehead atoms. The van der Waals surface area contributed by atoms with Gasteiger partial charge in [0.1, 0.15) is 5.82 Å². The molecule has 0 radical (unpaired) electrons. The van der Waals surface area contributed by atoms with Crippen LogP contribution in [0.1, 0.15) is 16.1 Å². The molecule has 82 valence electrons. The fourth-order valence-corrected chi connectivity index (χ4v) is 1.43. The molecule has 1 heterocycles. The molecule has 2 rings (SSSR count). The summed E-state index contributed by atoms with van der Waals surface area (Å²) in [5, 5.41) is 4.02. The summed E-state index contributed by atoms with van der Waals surface area (Å²) < 4.78 is 1.55. The summed E-state index contributed by atoms with van der Waals surface area (Å²) in [5.41, 5.74) is 12.1. The van der Waals surface area contributed by atoms with Crippen LogP contribution >= 0.6 is 0 Å². The van der Waals surface area contributed by atoms with Gasteiger partial charge in [-0.25, -0.2) is 4.68 Å². The Hall–Kier alpha value is -2.30. The normalized spacial score (nSPS) is 10.2. The zero-order chi connectivity index (χ0) is 11.5. The summed E-state index contributed by atoms with van der Waals surface area (Å²) in [7, 11) is 0. The Morgan fingerprint density at radius 3 is 2.56 bits per heavy atom. The van der Waals surface area contributed by atoms with Crippen molar-refractivity contribution in [3.05, 3.63) is 47.7 Å². The van der Waals surface area contributed by atoms with Gasteiger partial charge in [0.15, 0.2) is 5.69 Å². The highest BCUT2D eigenvalue weighted by Crippen LogP contribution is 2.09. The van der Waals surface area contributed by atoms with Crippen LogP contribution in [0.4, 0.5) is 5.82 Å². The first-order valence-corrected chi connectivity index (χ1v) is 4.84. The molecule has 0 spiro atoms. The van der Waals surface area contributed by atoms with E-state index in [2.05, 4.69) is 5.10 Å². The van der Waals surface area contributed by atoms with Gasteiger partial charge in [0.2, 0.25) is 0 Å². The molecule has 0 aliphatic rings. The van der Waals surface area contributed by atoms with Gasteiger partial charge in [-0.1, -0.05) is 30.3 Å². The molecule has 1 aromatic carbocycles. The zero-order valence-corrected chi connectivity index (χ0v) is 8.63. The highest BCUT2D eigenvalue weighted by atomic mass is 16.1. The Morgan fingerprint density at radius 1 is 1.31 bits per heavy atom. The molecular weight excluding hydrogens is 204 g/mol. The van der Waals surface area contributed by atoms with Crippen LogP contribution in [-0.2, 0) is 6.54 Å². The van der Waals surface area contributed by atoms with Gasteiger partial charge in [0.05, 0.1) is 6.54 Å². The Kier molecular flexibility index (Phi) is 2.59. The van der Waals surface area contributed by atoms with Gasteiger partial charge in [0, 0.05) is 6.07 Å². The predicted molar refractivity (Wildman–Crippen MR) is 60.7 cm³/mol. The molecule has 1 amide bonds. The molecule has 0 atom stereocenters. The summed E-state index contributed by atoms with van der Waals surface area (Å²) in [5.74, 6) is -0.142. The number of anilines is 1. The highest BCUT2D eigenvalue weighted by molar-refractivity contribution is 5.91. The predicted octanol–water partition coefficient (Wildman–Crippen LogP) is 0.612. The first-order chi connectivity index (χ1) is 7.66. The molecule has 0 unspecified atom stereocenters. The topological polar surface area (TPSA) is 86.9 Å². The van der Waals surface area contributed by atoms with Crippen LogP contribution < -0.4 is 11.5 Å². The van der Waals surface area contributed by atoms with E-state index in [1.807, 2.05) is 30.3 Å². The molecular formula is C11H12N4O. The van der Waals surface area contributed by atoms with Crippen molar-refractivity contribution < 1.29 is 4.79 Å². The number of carbonyl (C=O) groups is 1. The minimum atomic E-state index is -0.571. The monoisotopic (exact) mass is 216 g/mol. The lowest BCUT2D eigenvalue weighted by molar-refractivity contribution is 0.0995. The van der Waals surface area contributed by atoms with Gasteiger partial charge in [-0.2, -0.15) is 5.10 Å². The molecule has 0 fully saturated rings. The number of hydrogen-bond acceptors (Lipinski definition) is 3. The number of hydrogen-bond donors (Lipinski definition) is 2. The molecule has 0 saturated heterocycles. The first-order valence-electron chi connectivity index (χ1n) is 4.84. The molecule has 0 saturated carbocycles. The number of primary amides is 1. The van der Waals surface area contributed by atoms with E-state index < -0.39 is 5.91 Å². The lowest BCUT2D eigenvalue weighted by Gasteiger charge is -2.03. The number of carbonyl (C=O) groups excluding carboxylic acids is 1. The fraction of sp³-hybridized carbons (Fsp3) is 0.0909. The second kappa shape index (κ2) is 4.06. The average Bonchev–Trinajstić information content (AvgIpc) is 2.62. The minimum Gasteiger partial charge on any atom is -0.384 e. The number of amides is 1. The van der Waals surface area contributed by atoms with Gasteiger partial charge >= 0.3 is 0 Å². The van der Waals surface area contributed by atoms with Gasteiger partial charge in [-0.15, -0.1) is 0 Å². The van der Waals surface area contributed by atoms with Crippen molar-refractivity contribution in [2.45, 2.75) is 6.54 Å². The molecule has 2 aromatic rings. The van der Waals surface area contributed by atoms with Crippen LogP contribution in [0.15, 0.2) is 36.4 Å². The zero-order valence-electron chi connectivity index (χ0n) is 8.63. The van der Waals surface area contributed by atoms with Crippen molar-refractivity contribution in [2.24, 2.45) is 5.73 Å². The minimum absolute atomic E-state index is 0.188. The summed E-state index contributed by atoms with van der Waals surface area (Å²) in [6.07, 6.45) is 0. The summed E-state index contributed by atoms with van der Waals surface area (Å²) >= 11 is 0. The molecule has 1 aromatic heterocycles. The van der Waals surface area contributed by atoms with Crippen molar-refractivity contribution >= 4 is 11.7 Å². The van der Waals surface area contributed by atoms with E-state index in [-0.39, 0.29) is 5.69 Å². The summed E-state index contributed by atoms with van der Waals surface area (Å²) in [6, 6.07) is 11.2. The molecule has 16 heavy (non-hydrogen) atoms. The van der Waals surface area contributed by atoms with Crippen molar-refractivity contribution in [1.29, 1.82) is 0 Å². The lowest BCUT2D eigenvalue weighted by Crippen LogP contribution is -2.13. The van der Waals surface area contributed by atoms with Gasteiger partial charge in [-0.3, -0.25) is 4.79 Å². The maximum atomic E-state index is 10.9. The van der Waals surface area contributed by atoms with Crippen molar-refractivity contribution in [3.8, 4) is 0 Å². The molecule has 0 aliphatic heterocycles. The smallest absolute Gasteiger partial charge is 0.269 e. The first kappa shape index (κ1) is 10.2. The standard InChI is InChI=1S/C11H12N4O/c12-10-6-9(11(13)16)14-15(10)7-8-4-2-1-3-5-8/h1-6H,7,12H2,(H2,13,16). The van der Waals surface area contributed by atoms with E-state index in [9.17, 15) is 4.79 Å². The van der Waals surface area contributed by atoms with Gasteiger partial charge in [-0.05, 0) is 5.56 Å². The van der Waals surface area contributed by atoms with E-state index >= 15 is 0 Å². The quantitative estimate of drug-likeness (QED) is 0.788. The number of rotatable bonds is 3. The summed E-state index contributed by atoms with van der Waals surface area (Å²) in [6.45, 7) is 0.528. The molecule has 4 N–H and O–H groups in total. The number of nitrogens with zero attached hydrogens (tertiary/aromatic N) is 2. The second-order valence-electron chi connectivity index (χ2n) is 3.46. The Bertz CT molecular complexity index is 504. The number of aromatic nitrogens is 2. The maximum absolute atomic E-state index is 10.9. The highest BCUT2D eigenvalue weighted by Gasteiger charge is 2.09. The average molecular weight is 216 g/mol. The van der Waals surface area contributed by atoms with Crippen LogP contribution in [0.2, 0.25) is 0 Å².